The maximum absolute atomic E-state index is 13.0. The van der Waals surface area contributed by atoms with Gasteiger partial charge in [-0.15, -0.1) is 0 Å². The number of hydrogen-bond acceptors (Lipinski definition) is 3. The second-order valence-corrected chi connectivity index (χ2v) is 10.1. The molecule has 1 aliphatic heterocycles. The fourth-order valence-electron chi connectivity index (χ4n) is 7.09. The number of rotatable bonds is 4. The first-order chi connectivity index (χ1) is 13.5. The van der Waals surface area contributed by atoms with Crippen LogP contribution < -0.4 is 5.32 Å². The van der Waals surface area contributed by atoms with Crippen LogP contribution in [0.15, 0.2) is 22.8 Å². The van der Waals surface area contributed by atoms with Gasteiger partial charge in [-0.05, 0) is 93.6 Å². The predicted molar refractivity (Wildman–Crippen MR) is 106 cm³/mol. The second-order valence-electron chi connectivity index (χ2n) is 10.1. The molecule has 2 heterocycles. The molecule has 5 fully saturated rings. The first-order valence-corrected chi connectivity index (χ1v) is 11.2. The van der Waals surface area contributed by atoms with Gasteiger partial charge in [0, 0.05) is 25.0 Å². The summed E-state index contributed by atoms with van der Waals surface area (Å²) in [6, 6.07) is 3.71. The standard InChI is InChI=1S/C23H32N2O3/c1-15(23-12-16-9-17(13-23)11-18(10-16)14-23)24-21(26)19-4-6-25(7-5-19)22(27)20-3-2-8-28-20/h2-3,8,15-19H,4-7,9-14H2,1H3,(H,24,26)/t15-,16?,17?,18?,23?/m0/s1. The Morgan fingerprint density at radius 2 is 1.71 bits per heavy atom. The van der Waals surface area contributed by atoms with E-state index < -0.39 is 0 Å². The van der Waals surface area contributed by atoms with Crippen molar-refractivity contribution in [3.8, 4) is 0 Å². The Hall–Kier alpha value is -1.78. The summed E-state index contributed by atoms with van der Waals surface area (Å²) < 4.78 is 5.22. The van der Waals surface area contributed by atoms with Crippen molar-refractivity contribution in [3.05, 3.63) is 24.2 Å². The zero-order valence-electron chi connectivity index (χ0n) is 16.9. The molecule has 0 aromatic carbocycles. The summed E-state index contributed by atoms with van der Waals surface area (Å²) in [6.45, 7) is 3.51. The molecule has 5 aliphatic rings. The maximum atomic E-state index is 13.0. The average molecular weight is 385 g/mol. The lowest BCUT2D eigenvalue weighted by molar-refractivity contribution is -0.131. The van der Waals surface area contributed by atoms with Crippen molar-refractivity contribution in [1.29, 1.82) is 0 Å². The Labute approximate surface area is 167 Å². The third-order valence-corrected chi connectivity index (χ3v) is 8.25. The molecule has 28 heavy (non-hydrogen) atoms. The fraction of sp³-hybridized carbons (Fsp3) is 0.739. The molecule has 1 aromatic rings. The Bertz CT molecular complexity index is 698. The van der Waals surface area contributed by atoms with Gasteiger partial charge < -0.3 is 14.6 Å². The van der Waals surface area contributed by atoms with E-state index in [4.69, 9.17) is 4.42 Å². The monoisotopic (exact) mass is 384 g/mol. The third-order valence-electron chi connectivity index (χ3n) is 8.25. The summed E-state index contributed by atoms with van der Waals surface area (Å²) in [7, 11) is 0. The van der Waals surface area contributed by atoms with Crippen LogP contribution in [0, 0.1) is 29.1 Å². The summed E-state index contributed by atoms with van der Waals surface area (Å²) in [5.74, 6) is 3.26. The summed E-state index contributed by atoms with van der Waals surface area (Å²) in [5, 5.41) is 3.42. The van der Waals surface area contributed by atoms with Gasteiger partial charge in [0.2, 0.25) is 5.91 Å². The Kier molecular flexibility index (Phi) is 4.52. The molecule has 1 N–H and O–H groups in total. The summed E-state index contributed by atoms with van der Waals surface area (Å²) >= 11 is 0. The predicted octanol–water partition coefficient (Wildman–Crippen LogP) is 3.85. The number of furan rings is 1. The largest absolute Gasteiger partial charge is 0.459 e. The lowest BCUT2D eigenvalue weighted by atomic mass is 9.48. The molecule has 0 spiro atoms. The van der Waals surface area contributed by atoms with Gasteiger partial charge in [0.1, 0.15) is 0 Å². The van der Waals surface area contributed by atoms with Crippen molar-refractivity contribution in [2.75, 3.05) is 13.1 Å². The van der Waals surface area contributed by atoms with E-state index in [-0.39, 0.29) is 23.8 Å². The van der Waals surface area contributed by atoms with E-state index in [1.807, 2.05) is 4.90 Å². The van der Waals surface area contributed by atoms with Crippen molar-refractivity contribution in [2.45, 2.75) is 64.3 Å². The first-order valence-electron chi connectivity index (χ1n) is 11.2. The molecule has 0 unspecified atom stereocenters. The Morgan fingerprint density at radius 3 is 2.25 bits per heavy atom. The van der Waals surface area contributed by atoms with Crippen LogP contribution in [0.2, 0.25) is 0 Å². The molecule has 4 saturated carbocycles. The third kappa shape index (κ3) is 3.17. The van der Waals surface area contributed by atoms with Crippen molar-refractivity contribution in [3.63, 3.8) is 0 Å². The van der Waals surface area contributed by atoms with E-state index in [2.05, 4.69) is 12.2 Å². The highest BCUT2D eigenvalue weighted by atomic mass is 16.3. The molecule has 1 aromatic heterocycles. The highest BCUT2D eigenvalue weighted by molar-refractivity contribution is 5.91. The lowest BCUT2D eigenvalue weighted by Crippen LogP contribution is -2.56. The molecule has 6 rings (SSSR count). The van der Waals surface area contributed by atoms with E-state index in [9.17, 15) is 9.59 Å². The molecule has 1 saturated heterocycles. The molecule has 152 valence electrons. The van der Waals surface area contributed by atoms with Crippen LogP contribution in [0.4, 0.5) is 0 Å². The van der Waals surface area contributed by atoms with Crippen molar-refractivity contribution in [2.24, 2.45) is 29.1 Å². The van der Waals surface area contributed by atoms with E-state index in [0.29, 0.717) is 24.3 Å². The number of carbonyl (C=O) groups is 2. The zero-order valence-corrected chi connectivity index (χ0v) is 16.9. The molecule has 1 atom stereocenters. The van der Waals surface area contributed by atoms with Crippen LogP contribution in [0.3, 0.4) is 0 Å². The second kappa shape index (κ2) is 6.93. The molecule has 0 radical (unpaired) electrons. The summed E-state index contributed by atoms with van der Waals surface area (Å²) in [6.07, 6.45) is 11.3. The van der Waals surface area contributed by atoms with Crippen LogP contribution in [-0.4, -0.2) is 35.8 Å². The number of piperidine rings is 1. The lowest BCUT2D eigenvalue weighted by Gasteiger charge is -2.59. The quantitative estimate of drug-likeness (QED) is 0.858. The zero-order chi connectivity index (χ0) is 19.3. The van der Waals surface area contributed by atoms with Gasteiger partial charge in [-0.25, -0.2) is 0 Å². The van der Waals surface area contributed by atoms with E-state index in [1.54, 1.807) is 12.1 Å². The van der Waals surface area contributed by atoms with Crippen LogP contribution in [0.25, 0.3) is 0 Å². The Balaban J connectivity index is 1.16. The number of hydrogen-bond donors (Lipinski definition) is 1. The molecular weight excluding hydrogens is 352 g/mol. The highest BCUT2D eigenvalue weighted by Gasteiger charge is 2.53. The van der Waals surface area contributed by atoms with Gasteiger partial charge in [0.25, 0.3) is 5.91 Å². The normalized spacial score (nSPS) is 35.8. The van der Waals surface area contributed by atoms with Gasteiger partial charge in [0.05, 0.1) is 6.26 Å². The van der Waals surface area contributed by atoms with Crippen LogP contribution in [-0.2, 0) is 4.79 Å². The van der Waals surface area contributed by atoms with Crippen LogP contribution in [0.1, 0.15) is 68.8 Å². The van der Waals surface area contributed by atoms with E-state index >= 15 is 0 Å². The number of likely N-dealkylation sites (tertiary alicyclic amines) is 1. The van der Waals surface area contributed by atoms with Gasteiger partial charge in [0.15, 0.2) is 5.76 Å². The van der Waals surface area contributed by atoms with Gasteiger partial charge >= 0.3 is 0 Å². The minimum absolute atomic E-state index is 0.0250. The fourth-order valence-corrected chi connectivity index (χ4v) is 7.09. The average Bonchev–Trinajstić information content (AvgIpc) is 3.21. The van der Waals surface area contributed by atoms with E-state index in [0.717, 1.165) is 30.6 Å². The summed E-state index contributed by atoms with van der Waals surface area (Å²) in [5.41, 5.74) is 0.348. The maximum Gasteiger partial charge on any atom is 0.289 e. The summed E-state index contributed by atoms with van der Waals surface area (Å²) in [4.78, 5) is 27.2. The number of nitrogens with zero attached hydrogens (tertiary/aromatic N) is 1. The molecular formula is C23H32N2O3. The van der Waals surface area contributed by atoms with Gasteiger partial charge in [-0.2, -0.15) is 0 Å². The number of amides is 2. The Morgan fingerprint density at radius 1 is 1.11 bits per heavy atom. The molecule has 4 bridgehead atoms. The van der Waals surface area contributed by atoms with Gasteiger partial charge in [-0.3, -0.25) is 9.59 Å². The SMILES string of the molecule is C[C@H](NC(=O)C1CCN(C(=O)c2ccco2)CC1)C12CC3CC(CC(C3)C1)C2. The number of carbonyl (C=O) groups excluding carboxylic acids is 2. The smallest absolute Gasteiger partial charge is 0.289 e. The van der Waals surface area contributed by atoms with Crippen LogP contribution >= 0.6 is 0 Å². The van der Waals surface area contributed by atoms with E-state index in [1.165, 1.54) is 44.8 Å². The van der Waals surface area contributed by atoms with Crippen molar-refractivity contribution in [1.82, 2.24) is 10.2 Å². The topological polar surface area (TPSA) is 62.6 Å². The molecule has 5 nitrogen and oxygen atoms in total. The molecule has 2 amide bonds. The van der Waals surface area contributed by atoms with Crippen molar-refractivity contribution >= 4 is 11.8 Å². The number of nitrogens with one attached hydrogen (secondary N) is 1. The first kappa shape index (κ1) is 18.3. The minimum atomic E-state index is -0.0641. The highest BCUT2D eigenvalue weighted by Crippen LogP contribution is 2.61. The van der Waals surface area contributed by atoms with Gasteiger partial charge in [-0.1, -0.05) is 0 Å². The van der Waals surface area contributed by atoms with Crippen molar-refractivity contribution < 1.29 is 14.0 Å². The van der Waals surface area contributed by atoms with Crippen LogP contribution in [0.5, 0.6) is 0 Å². The minimum Gasteiger partial charge on any atom is -0.459 e. The molecule has 5 heteroatoms. The molecule has 4 aliphatic carbocycles.